The summed E-state index contributed by atoms with van der Waals surface area (Å²) in [6, 6.07) is 7.56. The fourth-order valence-corrected chi connectivity index (χ4v) is 1.41. The Morgan fingerprint density at radius 3 is 2.75 bits per heavy atom. The first-order valence-electron chi connectivity index (χ1n) is 3.96. The third-order valence-electron chi connectivity index (χ3n) is 1.63. The van der Waals surface area contributed by atoms with Crippen molar-refractivity contribution in [2.45, 2.75) is 19.8 Å². The summed E-state index contributed by atoms with van der Waals surface area (Å²) in [5.41, 5.74) is 1.78. The van der Waals surface area contributed by atoms with Crippen molar-refractivity contribution in [2.24, 2.45) is 0 Å². The van der Waals surface area contributed by atoms with Crippen LogP contribution in [-0.4, -0.2) is 0 Å². The van der Waals surface area contributed by atoms with Crippen LogP contribution in [0.4, 0.5) is 0 Å². The zero-order valence-corrected chi connectivity index (χ0v) is 7.73. The Hall–Kier alpha value is -1.00. The average molecular weight is 180 g/mol. The van der Waals surface area contributed by atoms with Gasteiger partial charge < -0.3 is 0 Å². The smallest absolute Gasteiger partial charge is 0.0992 e. The number of hydrogen-bond donors (Lipinski definition) is 0. The molecule has 0 fully saturated rings. The Balaban J connectivity index is 3.00. The summed E-state index contributed by atoms with van der Waals surface area (Å²) in [4.78, 5) is 0. The number of benzene rings is 1. The average Bonchev–Trinajstić information content (AvgIpc) is 2.04. The third kappa shape index (κ3) is 2.25. The summed E-state index contributed by atoms with van der Waals surface area (Å²) in [5, 5.41) is 9.30. The van der Waals surface area contributed by atoms with Gasteiger partial charge in [-0.25, -0.2) is 0 Å². The third-order valence-corrected chi connectivity index (χ3v) is 1.84. The van der Waals surface area contributed by atoms with Crippen LogP contribution in [0.5, 0.6) is 0 Å². The van der Waals surface area contributed by atoms with E-state index in [0.29, 0.717) is 10.6 Å². The number of hydrogen-bond acceptors (Lipinski definition) is 1. The minimum atomic E-state index is 0.644. The minimum absolute atomic E-state index is 0.644. The quantitative estimate of drug-likeness (QED) is 0.684. The van der Waals surface area contributed by atoms with Crippen LogP contribution in [0.15, 0.2) is 18.2 Å². The molecule has 1 rings (SSSR count). The maximum atomic E-state index is 8.65. The molecule has 0 heterocycles. The normalized spacial score (nSPS) is 9.42. The van der Waals surface area contributed by atoms with Crippen LogP contribution in [-0.2, 0) is 6.42 Å². The first-order chi connectivity index (χ1) is 5.76. The minimum Gasteiger partial charge on any atom is -0.192 e. The van der Waals surface area contributed by atoms with Crippen LogP contribution in [0, 0.1) is 11.3 Å². The van der Waals surface area contributed by atoms with Gasteiger partial charge in [-0.3, -0.25) is 0 Å². The Labute approximate surface area is 77.6 Å². The molecule has 0 aromatic heterocycles. The van der Waals surface area contributed by atoms with Crippen LogP contribution < -0.4 is 0 Å². The highest BCUT2D eigenvalue weighted by atomic mass is 35.5. The van der Waals surface area contributed by atoms with Gasteiger partial charge in [0.25, 0.3) is 0 Å². The Bertz CT molecular complexity index is 312. The van der Waals surface area contributed by atoms with Gasteiger partial charge >= 0.3 is 0 Å². The van der Waals surface area contributed by atoms with Gasteiger partial charge in [0.05, 0.1) is 11.6 Å². The molecule has 0 aliphatic rings. The van der Waals surface area contributed by atoms with E-state index in [1.54, 1.807) is 6.07 Å². The van der Waals surface area contributed by atoms with E-state index in [9.17, 15) is 0 Å². The molecule has 0 atom stereocenters. The molecule has 0 saturated carbocycles. The summed E-state index contributed by atoms with van der Waals surface area (Å²) in [6.07, 6.45) is 2.06. The van der Waals surface area contributed by atoms with Crippen LogP contribution in [0.1, 0.15) is 24.5 Å². The molecule has 12 heavy (non-hydrogen) atoms. The van der Waals surface area contributed by atoms with Gasteiger partial charge in [0.2, 0.25) is 0 Å². The van der Waals surface area contributed by atoms with E-state index in [2.05, 4.69) is 13.0 Å². The lowest BCUT2D eigenvalue weighted by Gasteiger charge is -1.99. The summed E-state index contributed by atoms with van der Waals surface area (Å²) < 4.78 is 0. The van der Waals surface area contributed by atoms with E-state index in [0.717, 1.165) is 18.4 Å². The lowest BCUT2D eigenvalue weighted by molar-refractivity contribution is 0.921. The molecular weight excluding hydrogens is 170 g/mol. The number of rotatable bonds is 2. The topological polar surface area (TPSA) is 23.8 Å². The zero-order valence-electron chi connectivity index (χ0n) is 6.97. The van der Waals surface area contributed by atoms with Gasteiger partial charge in [0.15, 0.2) is 0 Å². The fraction of sp³-hybridized carbons (Fsp3) is 0.300. The van der Waals surface area contributed by atoms with Gasteiger partial charge in [0, 0.05) is 5.02 Å². The van der Waals surface area contributed by atoms with Crippen molar-refractivity contribution in [1.82, 2.24) is 0 Å². The van der Waals surface area contributed by atoms with Gasteiger partial charge in [-0.1, -0.05) is 24.9 Å². The first kappa shape index (κ1) is 9.09. The van der Waals surface area contributed by atoms with Crippen molar-refractivity contribution in [3.05, 3.63) is 34.3 Å². The van der Waals surface area contributed by atoms with E-state index in [4.69, 9.17) is 16.9 Å². The molecule has 0 saturated heterocycles. The molecule has 0 N–H and O–H groups in total. The molecule has 0 bridgehead atoms. The zero-order chi connectivity index (χ0) is 8.97. The van der Waals surface area contributed by atoms with Crippen molar-refractivity contribution in [1.29, 1.82) is 5.26 Å². The monoisotopic (exact) mass is 179 g/mol. The van der Waals surface area contributed by atoms with Crippen molar-refractivity contribution >= 4 is 11.6 Å². The largest absolute Gasteiger partial charge is 0.192 e. The molecular formula is C10H10ClN. The second-order valence-electron chi connectivity index (χ2n) is 2.71. The molecule has 1 nitrogen and oxygen atoms in total. The highest BCUT2D eigenvalue weighted by Crippen LogP contribution is 2.15. The van der Waals surface area contributed by atoms with E-state index >= 15 is 0 Å². The molecule has 2 heteroatoms. The highest BCUT2D eigenvalue weighted by molar-refractivity contribution is 6.30. The van der Waals surface area contributed by atoms with Gasteiger partial charge in [0.1, 0.15) is 0 Å². The fourth-order valence-electron chi connectivity index (χ4n) is 1.15. The first-order valence-corrected chi connectivity index (χ1v) is 4.33. The summed E-state index contributed by atoms with van der Waals surface area (Å²) >= 11 is 5.81. The number of aryl methyl sites for hydroxylation is 1. The van der Waals surface area contributed by atoms with E-state index in [1.165, 1.54) is 0 Å². The molecule has 62 valence electrons. The number of nitrogens with zero attached hydrogens (tertiary/aromatic N) is 1. The molecule has 0 aliphatic heterocycles. The van der Waals surface area contributed by atoms with Gasteiger partial charge in [-0.05, 0) is 30.2 Å². The molecule has 0 amide bonds. The van der Waals surface area contributed by atoms with E-state index in [-0.39, 0.29) is 0 Å². The van der Waals surface area contributed by atoms with Crippen molar-refractivity contribution in [3.63, 3.8) is 0 Å². The standard InChI is InChI=1S/C10H10ClN/c1-2-3-8-4-9(7-12)6-10(11)5-8/h4-6H,2-3H2,1H3. The predicted octanol–water partition coefficient (Wildman–Crippen LogP) is 3.16. The summed E-state index contributed by atoms with van der Waals surface area (Å²) in [7, 11) is 0. The van der Waals surface area contributed by atoms with Gasteiger partial charge in [-0.2, -0.15) is 5.26 Å². The second-order valence-corrected chi connectivity index (χ2v) is 3.15. The summed E-state index contributed by atoms with van der Waals surface area (Å²) in [5.74, 6) is 0. The molecule has 1 aromatic rings. The molecule has 0 radical (unpaired) electrons. The molecule has 0 aliphatic carbocycles. The van der Waals surface area contributed by atoms with E-state index in [1.807, 2.05) is 12.1 Å². The number of halogens is 1. The second kappa shape index (κ2) is 4.13. The molecule has 0 spiro atoms. The van der Waals surface area contributed by atoms with Crippen LogP contribution >= 0.6 is 11.6 Å². The van der Waals surface area contributed by atoms with Crippen molar-refractivity contribution in [3.8, 4) is 6.07 Å². The Morgan fingerprint density at radius 1 is 1.42 bits per heavy atom. The highest BCUT2D eigenvalue weighted by Gasteiger charge is 1.97. The van der Waals surface area contributed by atoms with E-state index < -0.39 is 0 Å². The van der Waals surface area contributed by atoms with Crippen molar-refractivity contribution < 1.29 is 0 Å². The van der Waals surface area contributed by atoms with Crippen LogP contribution in [0.25, 0.3) is 0 Å². The van der Waals surface area contributed by atoms with Crippen LogP contribution in [0.2, 0.25) is 5.02 Å². The maximum Gasteiger partial charge on any atom is 0.0992 e. The van der Waals surface area contributed by atoms with Gasteiger partial charge in [-0.15, -0.1) is 0 Å². The molecule has 1 aromatic carbocycles. The lowest BCUT2D eigenvalue weighted by atomic mass is 10.1. The maximum absolute atomic E-state index is 8.65. The molecule has 0 unspecified atom stereocenters. The predicted molar refractivity (Wildman–Crippen MR) is 50.2 cm³/mol. The number of nitriles is 1. The van der Waals surface area contributed by atoms with Crippen molar-refractivity contribution in [2.75, 3.05) is 0 Å². The Kier molecular flexibility index (Phi) is 3.13. The SMILES string of the molecule is CCCc1cc(Cl)cc(C#N)c1. The Morgan fingerprint density at radius 2 is 2.17 bits per heavy atom. The summed E-state index contributed by atoms with van der Waals surface area (Å²) in [6.45, 7) is 2.10. The lowest BCUT2D eigenvalue weighted by Crippen LogP contribution is -1.84. The van der Waals surface area contributed by atoms with Crippen LogP contribution in [0.3, 0.4) is 0 Å².